The highest BCUT2D eigenvalue weighted by molar-refractivity contribution is 5.92. The van der Waals surface area contributed by atoms with Crippen LogP contribution in [0.3, 0.4) is 0 Å². The Labute approximate surface area is 115 Å². The molecule has 5 nitrogen and oxygen atoms in total. The topological polar surface area (TPSA) is 72.9 Å². The molecular formula is C12H23ClN4O. The number of aryl methyl sites for hydroxylation is 1. The van der Waals surface area contributed by atoms with Gasteiger partial charge in [0.1, 0.15) is 5.69 Å². The van der Waals surface area contributed by atoms with Gasteiger partial charge in [0, 0.05) is 19.3 Å². The minimum atomic E-state index is -0.107. The summed E-state index contributed by atoms with van der Waals surface area (Å²) in [7, 11) is 1.86. The SMILES string of the molecule is CC(C)c1cc(C(=O)NCCCCN)nn1C.Cl. The highest BCUT2D eigenvalue weighted by Gasteiger charge is 2.13. The molecule has 1 aromatic rings. The molecule has 0 aliphatic rings. The van der Waals surface area contributed by atoms with Crippen LogP contribution < -0.4 is 11.1 Å². The Bertz CT molecular complexity index is 376. The third kappa shape index (κ3) is 4.66. The number of carbonyl (C=O) groups excluding carboxylic acids is 1. The van der Waals surface area contributed by atoms with Crippen LogP contribution in [0.1, 0.15) is 48.8 Å². The summed E-state index contributed by atoms with van der Waals surface area (Å²) in [5.41, 5.74) is 6.94. The number of nitrogens with one attached hydrogen (secondary N) is 1. The van der Waals surface area contributed by atoms with E-state index in [0.29, 0.717) is 24.7 Å². The summed E-state index contributed by atoms with van der Waals surface area (Å²) in [4.78, 5) is 11.8. The van der Waals surface area contributed by atoms with Gasteiger partial charge in [-0.25, -0.2) is 0 Å². The minimum absolute atomic E-state index is 0. The maximum absolute atomic E-state index is 11.8. The van der Waals surface area contributed by atoms with Crippen molar-refractivity contribution in [1.29, 1.82) is 0 Å². The molecule has 0 aromatic carbocycles. The summed E-state index contributed by atoms with van der Waals surface area (Å²) in [5.74, 6) is 0.260. The third-order valence-corrected chi connectivity index (χ3v) is 2.66. The Balaban J connectivity index is 0.00000289. The highest BCUT2D eigenvalue weighted by Crippen LogP contribution is 2.14. The van der Waals surface area contributed by atoms with Crippen LogP contribution in [-0.4, -0.2) is 28.8 Å². The second-order valence-electron chi connectivity index (χ2n) is 4.48. The monoisotopic (exact) mass is 274 g/mol. The van der Waals surface area contributed by atoms with Crippen LogP contribution in [0.2, 0.25) is 0 Å². The lowest BCUT2D eigenvalue weighted by Gasteiger charge is -2.02. The molecule has 6 heteroatoms. The van der Waals surface area contributed by atoms with Crippen LogP contribution in [0.25, 0.3) is 0 Å². The van der Waals surface area contributed by atoms with Crippen molar-refractivity contribution in [1.82, 2.24) is 15.1 Å². The predicted molar refractivity (Wildman–Crippen MR) is 75.2 cm³/mol. The fourth-order valence-electron chi connectivity index (χ4n) is 1.69. The van der Waals surface area contributed by atoms with Gasteiger partial charge in [-0.3, -0.25) is 9.48 Å². The zero-order chi connectivity index (χ0) is 12.8. The molecule has 0 fully saturated rings. The summed E-state index contributed by atoms with van der Waals surface area (Å²) in [5, 5.41) is 7.05. The van der Waals surface area contributed by atoms with Crippen LogP contribution in [-0.2, 0) is 7.05 Å². The molecule has 0 aliphatic heterocycles. The first-order valence-corrected chi connectivity index (χ1v) is 6.08. The molecule has 3 N–H and O–H groups in total. The van der Waals surface area contributed by atoms with Crippen molar-refractivity contribution in [3.05, 3.63) is 17.5 Å². The Morgan fingerprint density at radius 1 is 1.50 bits per heavy atom. The van der Waals surface area contributed by atoms with E-state index in [1.54, 1.807) is 4.68 Å². The number of hydrogen-bond acceptors (Lipinski definition) is 3. The van der Waals surface area contributed by atoms with Crippen LogP contribution in [0, 0.1) is 0 Å². The largest absolute Gasteiger partial charge is 0.351 e. The summed E-state index contributed by atoms with van der Waals surface area (Å²) >= 11 is 0. The highest BCUT2D eigenvalue weighted by atomic mass is 35.5. The number of hydrogen-bond donors (Lipinski definition) is 2. The van der Waals surface area contributed by atoms with E-state index < -0.39 is 0 Å². The van der Waals surface area contributed by atoms with E-state index in [4.69, 9.17) is 5.73 Å². The van der Waals surface area contributed by atoms with E-state index in [1.165, 1.54) is 0 Å². The summed E-state index contributed by atoms with van der Waals surface area (Å²) in [6, 6.07) is 1.85. The first-order valence-electron chi connectivity index (χ1n) is 6.08. The van der Waals surface area contributed by atoms with Gasteiger partial charge in [-0.1, -0.05) is 13.8 Å². The second-order valence-corrected chi connectivity index (χ2v) is 4.48. The van der Waals surface area contributed by atoms with Crippen LogP contribution in [0.15, 0.2) is 6.07 Å². The Hall–Kier alpha value is -1.07. The smallest absolute Gasteiger partial charge is 0.271 e. The van der Waals surface area contributed by atoms with Gasteiger partial charge in [-0.15, -0.1) is 12.4 Å². The summed E-state index contributed by atoms with van der Waals surface area (Å²) in [6.45, 7) is 5.49. The second kappa shape index (κ2) is 8.11. The van der Waals surface area contributed by atoms with Crippen molar-refractivity contribution >= 4 is 18.3 Å². The molecule has 1 aromatic heterocycles. The van der Waals surface area contributed by atoms with Crippen molar-refractivity contribution in [3.8, 4) is 0 Å². The number of aromatic nitrogens is 2. The van der Waals surface area contributed by atoms with Gasteiger partial charge in [0.15, 0.2) is 0 Å². The van der Waals surface area contributed by atoms with Crippen molar-refractivity contribution in [2.45, 2.75) is 32.6 Å². The molecule has 1 heterocycles. The summed E-state index contributed by atoms with van der Waals surface area (Å²) in [6.07, 6.45) is 1.84. The Morgan fingerprint density at radius 2 is 2.17 bits per heavy atom. The number of amides is 1. The van der Waals surface area contributed by atoms with E-state index in [2.05, 4.69) is 24.3 Å². The lowest BCUT2D eigenvalue weighted by Crippen LogP contribution is -2.25. The molecule has 18 heavy (non-hydrogen) atoms. The zero-order valence-corrected chi connectivity index (χ0v) is 12.1. The number of unbranched alkanes of at least 4 members (excludes halogenated alkanes) is 1. The van der Waals surface area contributed by atoms with E-state index in [-0.39, 0.29) is 18.3 Å². The molecular weight excluding hydrogens is 252 g/mol. The first-order chi connectivity index (χ1) is 8.06. The van der Waals surface area contributed by atoms with Crippen molar-refractivity contribution in [2.75, 3.05) is 13.1 Å². The average molecular weight is 275 g/mol. The van der Waals surface area contributed by atoms with Gasteiger partial charge >= 0.3 is 0 Å². The van der Waals surface area contributed by atoms with Crippen LogP contribution in [0.5, 0.6) is 0 Å². The molecule has 0 saturated carbocycles. The van der Waals surface area contributed by atoms with Gasteiger partial charge in [-0.2, -0.15) is 5.10 Å². The fourth-order valence-corrected chi connectivity index (χ4v) is 1.69. The third-order valence-electron chi connectivity index (χ3n) is 2.66. The zero-order valence-electron chi connectivity index (χ0n) is 11.3. The van der Waals surface area contributed by atoms with E-state index in [9.17, 15) is 4.79 Å². The van der Waals surface area contributed by atoms with Gasteiger partial charge in [0.25, 0.3) is 5.91 Å². The van der Waals surface area contributed by atoms with E-state index in [1.807, 2.05) is 13.1 Å². The lowest BCUT2D eigenvalue weighted by atomic mass is 10.1. The molecule has 1 rings (SSSR count). The first kappa shape index (κ1) is 16.9. The standard InChI is InChI=1S/C12H22N4O.ClH/c1-9(2)11-8-10(15-16(11)3)12(17)14-7-5-4-6-13;/h8-9H,4-7,13H2,1-3H3,(H,14,17);1H. The minimum Gasteiger partial charge on any atom is -0.351 e. The fraction of sp³-hybridized carbons (Fsp3) is 0.667. The number of rotatable bonds is 6. The number of nitrogens with zero attached hydrogens (tertiary/aromatic N) is 2. The Kier molecular flexibility index (Phi) is 7.62. The molecule has 0 bridgehead atoms. The van der Waals surface area contributed by atoms with E-state index in [0.717, 1.165) is 18.5 Å². The molecule has 0 unspecified atom stereocenters. The van der Waals surface area contributed by atoms with Crippen molar-refractivity contribution in [2.24, 2.45) is 12.8 Å². The Morgan fingerprint density at radius 3 is 2.67 bits per heavy atom. The quantitative estimate of drug-likeness (QED) is 0.771. The number of halogens is 1. The predicted octanol–water partition coefficient (Wildman–Crippen LogP) is 1.43. The van der Waals surface area contributed by atoms with Crippen LogP contribution in [0.4, 0.5) is 0 Å². The molecule has 0 radical (unpaired) electrons. The average Bonchev–Trinajstić information content (AvgIpc) is 2.66. The molecule has 104 valence electrons. The van der Waals surface area contributed by atoms with Crippen molar-refractivity contribution in [3.63, 3.8) is 0 Å². The van der Waals surface area contributed by atoms with Crippen molar-refractivity contribution < 1.29 is 4.79 Å². The lowest BCUT2D eigenvalue weighted by molar-refractivity contribution is 0.0947. The molecule has 0 atom stereocenters. The maximum atomic E-state index is 11.8. The van der Waals surface area contributed by atoms with Gasteiger partial charge in [0.2, 0.25) is 0 Å². The van der Waals surface area contributed by atoms with Gasteiger partial charge in [-0.05, 0) is 31.4 Å². The number of carbonyl (C=O) groups is 1. The van der Waals surface area contributed by atoms with E-state index >= 15 is 0 Å². The summed E-state index contributed by atoms with van der Waals surface area (Å²) < 4.78 is 1.76. The van der Waals surface area contributed by atoms with Crippen LogP contribution >= 0.6 is 12.4 Å². The normalized spacial score (nSPS) is 10.3. The molecule has 1 amide bonds. The molecule has 0 spiro atoms. The van der Waals surface area contributed by atoms with Gasteiger partial charge < -0.3 is 11.1 Å². The number of nitrogens with two attached hydrogens (primary N) is 1. The molecule has 0 aliphatic carbocycles. The molecule has 0 saturated heterocycles. The van der Waals surface area contributed by atoms with Gasteiger partial charge in [0.05, 0.1) is 0 Å². The maximum Gasteiger partial charge on any atom is 0.271 e.